The van der Waals surface area contributed by atoms with E-state index < -0.39 is 0 Å². The topological polar surface area (TPSA) is 38.0 Å². The Bertz CT molecular complexity index is 291. The van der Waals surface area contributed by atoms with Crippen LogP contribution in [0.15, 0.2) is 24.3 Å². The highest BCUT2D eigenvalue weighted by molar-refractivity contribution is 7.12. The van der Waals surface area contributed by atoms with Gasteiger partial charge >= 0.3 is 0 Å². The summed E-state index contributed by atoms with van der Waals surface area (Å²) in [5, 5.41) is 0. The van der Waals surface area contributed by atoms with Gasteiger partial charge in [0.15, 0.2) is 0 Å². The zero-order valence-electron chi connectivity index (χ0n) is 8.13. The summed E-state index contributed by atoms with van der Waals surface area (Å²) in [4.78, 5) is 2.60. The van der Waals surface area contributed by atoms with Gasteiger partial charge in [0.25, 0.3) is 0 Å². The van der Waals surface area contributed by atoms with Crippen LogP contribution in [0.25, 0.3) is 0 Å². The Kier molecular flexibility index (Phi) is 3.66. The maximum Gasteiger partial charge on any atom is 0.0590 e. The average Bonchev–Trinajstić information content (AvgIpc) is 2.47. The van der Waals surface area contributed by atoms with E-state index in [1.54, 1.807) is 11.3 Å². The summed E-state index contributed by atoms with van der Waals surface area (Å²) in [6.45, 7) is 8.00. The van der Waals surface area contributed by atoms with Gasteiger partial charge < -0.3 is 0 Å². The molecule has 0 fully saturated rings. The largest absolute Gasteiger partial charge is 0.271 e. The van der Waals surface area contributed by atoms with Crippen molar-refractivity contribution in [3.63, 3.8) is 0 Å². The van der Waals surface area contributed by atoms with Crippen LogP contribution in [-0.2, 0) is 0 Å². The summed E-state index contributed by atoms with van der Waals surface area (Å²) in [7, 11) is 0. The van der Waals surface area contributed by atoms with Gasteiger partial charge in [0.1, 0.15) is 0 Å². The fourth-order valence-electron chi connectivity index (χ4n) is 1.23. The van der Waals surface area contributed by atoms with E-state index in [2.05, 4.69) is 31.1 Å². The zero-order chi connectivity index (χ0) is 9.84. The predicted molar refractivity (Wildman–Crippen MR) is 58.6 cm³/mol. The van der Waals surface area contributed by atoms with E-state index in [4.69, 9.17) is 5.84 Å². The third kappa shape index (κ3) is 2.95. The summed E-state index contributed by atoms with van der Waals surface area (Å²) < 4.78 is 0. The molecule has 0 spiro atoms. The molecule has 0 aliphatic carbocycles. The van der Waals surface area contributed by atoms with Crippen molar-refractivity contribution in [3.05, 3.63) is 34.0 Å². The molecule has 1 atom stereocenters. The summed E-state index contributed by atoms with van der Waals surface area (Å²) in [6.07, 6.45) is 0.899. The molecule has 13 heavy (non-hydrogen) atoms. The fourth-order valence-corrected chi connectivity index (χ4v) is 2.17. The number of hydrazine groups is 1. The van der Waals surface area contributed by atoms with Gasteiger partial charge in [-0.3, -0.25) is 11.3 Å². The second-order valence-electron chi connectivity index (χ2n) is 3.33. The van der Waals surface area contributed by atoms with E-state index in [1.165, 1.54) is 9.75 Å². The summed E-state index contributed by atoms with van der Waals surface area (Å²) in [5.41, 5.74) is 3.96. The maximum absolute atomic E-state index is 5.48. The second kappa shape index (κ2) is 4.56. The Morgan fingerprint density at radius 1 is 1.69 bits per heavy atom. The van der Waals surface area contributed by atoms with Gasteiger partial charge in [0.05, 0.1) is 6.04 Å². The van der Waals surface area contributed by atoms with Crippen LogP contribution in [0.5, 0.6) is 0 Å². The predicted octanol–water partition coefficient (Wildman–Crippen LogP) is 2.53. The van der Waals surface area contributed by atoms with Gasteiger partial charge in [-0.25, -0.2) is 0 Å². The Hall–Kier alpha value is -0.640. The number of hydrogen-bond donors (Lipinski definition) is 2. The summed E-state index contributed by atoms with van der Waals surface area (Å²) in [5.74, 6) is 5.48. The Morgan fingerprint density at radius 3 is 2.77 bits per heavy atom. The molecule has 1 aromatic heterocycles. The van der Waals surface area contributed by atoms with Crippen molar-refractivity contribution < 1.29 is 0 Å². The van der Waals surface area contributed by atoms with Crippen molar-refractivity contribution in [2.24, 2.45) is 5.84 Å². The monoisotopic (exact) mass is 196 g/mol. The third-order valence-electron chi connectivity index (χ3n) is 1.86. The third-order valence-corrected chi connectivity index (χ3v) is 2.97. The fraction of sp³-hybridized carbons (Fsp3) is 0.400. The van der Waals surface area contributed by atoms with Crippen molar-refractivity contribution in [2.75, 3.05) is 0 Å². The molecule has 0 amide bonds. The van der Waals surface area contributed by atoms with Gasteiger partial charge in [-0.2, -0.15) is 0 Å². The molecule has 1 aromatic rings. The first-order valence-electron chi connectivity index (χ1n) is 4.30. The number of rotatable bonds is 4. The van der Waals surface area contributed by atoms with Gasteiger partial charge in [-0.05, 0) is 32.4 Å². The van der Waals surface area contributed by atoms with Crippen molar-refractivity contribution in [1.82, 2.24) is 5.43 Å². The van der Waals surface area contributed by atoms with Gasteiger partial charge in [-0.15, -0.1) is 17.9 Å². The molecular weight excluding hydrogens is 180 g/mol. The average molecular weight is 196 g/mol. The molecule has 0 aliphatic heterocycles. The Morgan fingerprint density at radius 2 is 2.38 bits per heavy atom. The van der Waals surface area contributed by atoms with Gasteiger partial charge in [-0.1, -0.05) is 5.57 Å². The molecular formula is C10H16N2S. The van der Waals surface area contributed by atoms with Gasteiger partial charge in [0.2, 0.25) is 0 Å². The number of aryl methyl sites for hydroxylation is 1. The smallest absolute Gasteiger partial charge is 0.0590 e. The van der Waals surface area contributed by atoms with E-state index >= 15 is 0 Å². The van der Waals surface area contributed by atoms with Crippen molar-refractivity contribution in [3.8, 4) is 0 Å². The van der Waals surface area contributed by atoms with Crippen LogP contribution < -0.4 is 11.3 Å². The maximum atomic E-state index is 5.48. The molecule has 1 heterocycles. The molecule has 0 aliphatic rings. The van der Waals surface area contributed by atoms with Crippen LogP contribution in [0.3, 0.4) is 0 Å². The first-order valence-corrected chi connectivity index (χ1v) is 5.12. The molecule has 3 heteroatoms. The highest BCUT2D eigenvalue weighted by Crippen LogP contribution is 2.26. The van der Waals surface area contributed by atoms with Crippen molar-refractivity contribution >= 4 is 11.3 Å². The van der Waals surface area contributed by atoms with Crippen LogP contribution >= 0.6 is 11.3 Å². The van der Waals surface area contributed by atoms with E-state index in [0.29, 0.717) is 0 Å². The van der Waals surface area contributed by atoms with Crippen molar-refractivity contribution in [1.29, 1.82) is 0 Å². The van der Waals surface area contributed by atoms with Crippen LogP contribution in [-0.4, -0.2) is 0 Å². The minimum Gasteiger partial charge on any atom is -0.271 e. The van der Waals surface area contributed by atoms with Crippen LogP contribution in [0.1, 0.15) is 29.1 Å². The Balaban J connectivity index is 2.72. The van der Waals surface area contributed by atoms with Crippen molar-refractivity contribution in [2.45, 2.75) is 26.3 Å². The van der Waals surface area contributed by atoms with E-state index in [0.717, 1.165) is 12.0 Å². The number of nitrogens with one attached hydrogen (secondary N) is 1. The van der Waals surface area contributed by atoms with E-state index in [9.17, 15) is 0 Å². The first-order chi connectivity index (χ1) is 6.13. The normalized spacial score (nSPS) is 12.8. The minimum absolute atomic E-state index is 0.219. The molecule has 0 saturated heterocycles. The molecule has 0 bridgehead atoms. The highest BCUT2D eigenvalue weighted by Gasteiger charge is 2.10. The quantitative estimate of drug-likeness (QED) is 0.441. The SMILES string of the molecule is C=C(C)CC(NN)c1ccc(C)s1. The van der Waals surface area contributed by atoms with E-state index in [-0.39, 0.29) is 6.04 Å². The van der Waals surface area contributed by atoms with Crippen LogP contribution in [0.2, 0.25) is 0 Å². The molecule has 1 rings (SSSR count). The lowest BCUT2D eigenvalue weighted by Crippen LogP contribution is -2.27. The Labute approximate surface area is 83.4 Å². The molecule has 2 nitrogen and oxygen atoms in total. The van der Waals surface area contributed by atoms with Gasteiger partial charge in [0, 0.05) is 9.75 Å². The van der Waals surface area contributed by atoms with Crippen LogP contribution in [0, 0.1) is 6.92 Å². The molecule has 0 aromatic carbocycles. The lowest BCUT2D eigenvalue weighted by Gasteiger charge is -2.13. The number of thiophene rings is 1. The molecule has 3 N–H and O–H groups in total. The lowest BCUT2D eigenvalue weighted by atomic mass is 10.1. The second-order valence-corrected chi connectivity index (χ2v) is 4.65. The summed E-state index contributed by atoms with van der Waals surface area (Å²) >= 11 is 1.78. The highest BCUT2D eigenvalue weighted by atomic mass is 32.1. The summed E-state index contributed by atoms with van der Waals surface area (Å²) in [6, 6.07) is 4.45. The molecule has 0 radical (unpaired) electrons. The van der Waals surface area contributed by atoms with Crippen LogP contribution in [0.4, 0.5) is 0 Å². The molecule has 0 saturated carbocycles. The first kappa shape index (κ1) is 10.4. The van der Waals surface area contributed by atoms with E-state index in [1.807, 2.05) is 6.92 Å². The standard InChI is InChI=1S/C10H16N2S/c1-7(2)6-9(12-11)10-5-4-8(3)13-10/h4-5,9,12H,1,6,11H2,2-3H3. The number of hydrogen-bond acceptors (Lipinski definition) is 3. The zero-order valence-corrected chi connectivity index (χ0v) is 8.95. The molecule has 72 valence electrons. The number of nitrogens with two attached hydrogens (primary N) is 1. The lowest BCUT2D eigenvalue weighted by molar-refractivity contribution is 0.559. The molecule has 1 unspecified atom stereocenters. The minimum atomic E-state index is 0.219.